The van der Waals surface area contributed by atoms with E-state index in [-0.39, 0.29) is 24.5 Å². The highest BCUT2D eigenvalue weighted by molar-refractivity contribution is 5.79. The molecule has 19 heavy (non-hydrogen) atoms. The van der Waals surface area contributed by atoms with Crippen LogP contribution in [0.15, 0.2) is 30.3 Å². The molecule has 3 atom stereocenters. The summed E-state index contributed by atoms with van der Waals surface area (Å²) in [6, 6.07) is 10.2. The number of carbonyl (C=O) groups is 1. The minimum Gasteiger partial charge on any atom is -0.336 e. The van der Waals surface area contributed by atoms with Crippen molar-refractivity contribution in [3.05, 3.63) is 35.9 Å². The molecule has 0 aromatic heterocycles. The summed E-state index contributed by atoms with van der Waals surface area (Å²) < 4.78 is 12.6. The van der Waals surface area contributed by atoms with Gasteiger partial charge >= 0.3 is 0 Å². The number of amides is 1. The van der Waals surface area contributed by atoms with E-state index < -0.39 is 0 Å². The first-order valence-corrected chi connectivity index (χ1v) is 7.02. The molecule has 2 nitrogen and oxygen atoms in total. The van der Waals surface area contributed by atoms with Crippen LogP contribution in [0.25, 0.3) is 0 Å². The third-order valence-corrected chi connectivity index (χ3v) is 3.99. The van der Waals surface area contributed by atoms with Crippen LogP contribution in [0.3, 0.4) is 0 Å². The van der Waals surface area contributed by atoms with Gasteiger partial charge in [0.2, 0.25) is 5.91 Å². The molecule has 0 aliphatic carbocycles. The molecule has 1 fully saturated rings. The zero-order valence-electron chi connectivity index (χ0n) is 11.7. The number of alkyl halides is 1. The van der Waals surface area contributed by atoms with Gasteiger partial charge in [0, 0.05) is 13.0 Å². The summed E-state index contributed by atoms with van der Waals surface area (Å²) in [5, 5.41) is 0. The molecule has 1 heterocycles. The molecule has 0 saturated carbocycles. The number of hydrogen-bond acceptors (Lipinski definition) is 1. The second-order valence-corrected chi connectivity index (χ2v) is 5.70. The third kappa shape index (κ3) is 3.34. The first-order valence-electron chi connectivity index (χ1n) is 7.02. The van der Waals surface area contributed by atoms with Crippen molar-refractivity contribution in [2.75, 3.05) is 13.2 Å². The monoisotopic (exact) mass is 263 g/mol. The van der Waals surface area contributed by atoms with Crippen LogP contribution in [-0.2, 0) is 4.79 Å². The standard InChI is InChI=1S/C16H22FNO/c1-12(10-17)8-14-9-16(19)18(11-14)13(2)15-6-4-3-5-7-15/h3-7,12-14H,8-11H2,1-2H3/t12?,13-,14?/m0/s1. The van der Waals surface area contributed by atoms with Gasteiger partial charge in [-0.2, -0.15) is 0 Å². The van der Waals surface area contributed by atoms with Gasteiger partial charge in [-0.1, -0.05) is 37.3 Å². The van der Waals surface area contributed by atoms with Crippen LogP contribution in [0.1, 0.15) is 38.3 Å². The van der Waals surface area contributed by atoms with E-state index >= 15 is 0 Å². The van der Waals surface area contributed by atoms with Gasteiger partial charge in [-0.3, -0.25) is 9.18 Å². The van der Waals surface area contributed by atoms with Crippen molar-refractivity contribution >= 4 is 5.91 Å². The van der Waals surface area contributed by atoms with Crippen LogP contribution in [0.2, 0.25) is 0 Å². The number of halogens is 1. The maximum atomic E-state index is 12.6. The summed E-state index contributed by atoms with van der Waals surface area (Å²) in [6.07, 6.45) is 1.38. The molecule has 0 radical (unpaired) electrons. The van der Waals surface area contributed by atoms with E-state index in [1.54, 1.807) is 0 Å². The molecule has 0 spiro atoms. The van der Waals surface area contributed by atoms with Gasteiger partial charge in [-0.25, -0.2) is 0 Å². The second-order valence-electron chi connectivity index (χ2n) is 5.70. The van der Waals surface area contributed by atoms with E-state index in [0.29, 0.717) is 12.3 Å². The summed E-state index contributed by atoms with van der Waals surface area (Å²) in [4.78, 5) is 14.0. The third-order valence-electron chi connectivity index (χ3n) is 3.99. The molecule has 1 aromatic rings. The Balaban J connectivity index is 2.00. The average molecular weight is 263 g/mol. The zero-order valence-corrected chi connectivity index (χ0v) is 11.7. The molecule has 2 unspecified atom stereocenters. The predicted octanol–water partition coefficient (Wildman–Crippen LogP) is 3.59. The second kappa shape index (κ2) is 6.18. The average Bonchev–Trinajstić information content (AvgIpc) is 2.79. The highest BCUT2D eigenvalue weighted by Crippen LogP contribution is 2.31. The lowest BCUT2D eigenvalue weighted by Crippen LogP contribution is -2.28. The van der Waals surface area contributed by atoms with Crippen LogP contribution in [0.5, 0.6) is 0 Å². The van der Waals surface area contributed by atoms with Gasteiger partial charge in [0.15, 0.2) is 0 Å². The van der Waals surface area contributed by atoms with Gasteiger partial charge in [0.05, 0.1) is 12.7 Å². The van der Waals surface area contributed by atoms with Crippen molar-refractivity contribution < 1.29 is 9.18 Å². The Kier molecular flexibility index (Phi) is 4.56. The maximum Gasteiger partial charge on any atom is 0.223 e. The highest BCUT2D eigenvalue weighted by Gasteiger charge is 2.33. The van der Waals surface area contributed by atoms with Crippen LogP contribution in [0, 0.1) is 11.8 Å². The van der Waals surface area contributed by atoms with Crippen LogP contribution < -0.4 is 0 Å². The summed E-state index contributed by atoms with van der Waals surface area (Å²) in [5.74, 6) is 0.571. The van der Waals surface area contributed by atoms with Crippen LogP contribution in [0.4, 0.5) is 4.39 Å². The van der Waals surface area contributed by atoms with Gasteiger partial charge in [0.25, 0.3) is 0 Å². The number of rotatable bonds is 5. The molecule has 3 heteroatoms. The fourth-order valence-corrected chi connectivity index (χ4v) is 2.88. The topological polar surface area (TPSA) is 20.3 Å². The van der Waals surface area contributed by atoms with Crippen molar-refractivity contribution in [3.63, 3.8) is 0 Å². The number of nitrogens with zero attached hydrogens (tertiary/aromatic N) is 1. The van der Waals surface area contributed by atoms with E-state index in [0.717, 1.165) is 18.5 Å². The van der Waals surface area contributed by atoms with E-state index in [9.17, 15) is 9.18 Å². The van der Waals surface area contributed by atoms with E-state index in [2.05, 4.69) is 19.1 Å². The Labute approximate surface area is 114 Å². The fourth-order valence-electron chi connectivity index (χ4n) is 2.88. The molecule has 1 saturated heterocycles. The van der Waals surface area contributed by atoms with Crippen LogP contribution >= 0.6 is 0 Å². The number of benzene rings is 1. The lowest BCUT2D eigenvalue weighted by molar-refractivity contribution is -0.129. The van der Waals surface area contributed by atoms with Gasteiger partial charge < -0.3 is 4.90 Å². The van der Waals surface area contributed by atoms with E-state index in [1.165, 1.54) is 0 Å². The quantitative estimate of drug-likeness (QED) is 0.795. The first-order chi connectivity index (χ1) is 9.11. The molecule has 0 N–H and O–H groups in total. The lowest BCUT2D eigenvalue weighted by Gasteiger charge is -2.25. The Hall–Kier alpha value is -1.38. The summed E-state index contributed by atoms with van der Waals surface area (Å²) in [7, 11) is 0. The molecule has 104 valence electrons. The normalized spacial score (nSPS) is 22.6. The molecule has 1 amide bonds. The zero-order chi connectivity index (χ0) is 13.8. The predicted molar refractivity (Wildman–Crippen MR) is 74.4 cm³/mol. The van der Waals surface area contributed by atoms with Crippen molar-refractivity contribution in [1.29, 1.82) is 0 Å². The molecule has 1 aliphatic rings. The number of hydrogen-bond donors (Lipinski definition) is 0. The minimum atomic E-state index is -0.293. The molecular formula is C16H22FNO. The van der Waals surface area contributed by atoms with Crippen molar-refractivity contribution in [2.24, 2.45) is 11.8 Å². The van der Waals surface area contributed by atoms with Gasteiger partial charge in [0.1, 0.15) is 0 Å². The maximum absolute atomic E-state index is 12.6. The van der Waals surface area contributed by atoms with Crippen molar-refractivity contribution in [2.45, 2.75) is 32.7 Å². The SMILES string of the molecule is CC(CF)CC1CC(=O)N([C@@H](C)c2ccccc2)C1. The van der Waals surface area contributed by atoms with Gasteiger partial charge in [-0.15, -0.1) is 0 Å². The largest absolute Gasteiger partial charge is 0.336 e. The Morgan fingerprint density at radius 2 is 2.00 bits per heavy atom. The van der Waals surface area contributed by atoms with E-state index in [4.69, 9.17) is 0 Å². The van der Waals surface area contributed by atoms with Crippen molar-refractivity contribution in [3.8, 4) is 0 Å². The fraction of sp³-hybridized carbons (Fsp3) is 0.562. The highest BCUT2D eigenvalue weighted by atomic mass is 19.1. The van der Waals surface area contributed by atoms with Gasteiger partial charge in [-0.05, 0) is 30.7 Å². The summed E-state index contributed by atoms with van der Waals surface area (Å²) in [5.41, 5.74) is 1.16. The smallest absolute Gasteiger partial charge is 0.223 e. The lowest BCUT2D eigenvalue weighted by atomic mass is 9.96. The number of carbonyl (C=O) groups excluding carboxylic acids is 1. The first kappa shape index (κ1) is 14.0. The van der Waals surface area contributed by atoms with Crippen LogP contribution in [-0.4, -0.2) is 24.0 Å². The summed E-state index contributed by atoms with van der Waals surface area (Å²) >= 11 is 0. The molecule has 2 rings (SSSR count). The Morgan fingerprint density at radius 1 is 1.32 bits per heavy atom. The molecule has 1 aromatic carbocycles. The molecular weight excluding hydrogens is 241 g/mol. The Bertz CT molecular complexity index is 420. The number of likely N-dealkylation sites (tertiary alicyclic amines) is 1. The Morgan fingerprint density at radius 3 is 2.63 bits per heavy atom. The minimum absolute atomic E-state index is 0.0600. The summed E-state index contributed by atoms with van der Waals surface area (Å²) in [6.45, 7) is 4.44. The van der Waals surface area contributed by atoms with E-state index in [1.807, 2.05) is 30.0 Å². The van der Waals surface area contributed by atoms with Crippen molar-refractivity contribution in [1.82, 2.24) is 4.90 Å². The molecule has 0 bridgehead atoms. The molecule has 1 aliphatic heterocycles.